The number of hydrogen-bond donors (Lipinski definition) is 1. The zero-order valence-corrected chi connectivity index (χ0v) is 8.42. The summed E-state index contributed by atoms with van der Waals surface area (Å²) in [7, 11) is 0. The molecule has 5 heteroatoms. The molecule has 1 aliphatic rings. The third-order valence-electron chi connectivity index (χ3n) is 2.57. The van der Waals surface area contributed by atoms with Crippen molar-refractivity contribution in [3.05, 3.63) is 29.3 Å². The van der Waals surface area contributed by atoms with Gasteiger partial charge in [-0.05, 0) is 18.4 Å². The normalized spacial score (nSPS) is 17.5. The van der Waals surface area contributed by atoms with E-state index < -0.39 is 12.3 Å². The van der Waals surface area contributed by atoms with Crippen LogP contribution in [-0.4, -0.2) is 17.9 Å². The summed E-state index contributed by atoms with van der Waals surface area (Å²) >= 11 is 0. The molecule has 1 unspecified atom stereocenters. The summed E-state index contributed by atoms with van der Waals surface area (Å²) in [5, 5.41) is 9.21. The third kappa shape index (κ3) is 2.00. The Balaban J connectivity index is 2.41. The molecular weight excluding hydrogens is 221 g/mol. The lowest BCUT2D eigenvalue weighted by atomic mass is 9.99. The summed E-state index contributed by atoms with van der Waals surface area (Å²) in [6.45, 7) is 0.397. The van der Waals surface area contributed by atoms with Crippen LogP contribution >= 0.6 is 0 Å². The number of rotatable bonds is 1. The molecular formula is C11H11F3O2. The number of hydrogen-bond acceptors (Lipinski definition) is 2. The zero-order chi connectivity index (χ0) is 11.8. The average Bonchev–Trinajstić information content (AvgIpc) is 2.26. The molecule has 1 N–H and O–H groups in total. The molecule has 16 heavy (non-hydrogen) atoms. The van der Waals surface area contributed by atoms with Gasteiger partial charge in [0.1, 0.15) is 5.75 Å². The van der Waals surface area contributed by atoms with Crippen LogP contribution in [0.5, 0.6) is 5.75 Å². The first-order valence-electron chi connectivity index (χ1n) is 4.99. The van der Waals surface area contributed by atoms with Gasteiger partial charge in [0.25, 0.3) is 0 Å². The maximum absolute atomic E-state index is 12.4. The minimum Gasteiger partial charge on any atom is -0.493 e. The van der Waals surface area contributed by atoms with E-state index >= 15 is 0 Å². The summed E-state index contributed by atoms with van der Waals surface area (Å²) in [5.41, 5.74) is 0.539. The predicted octanol–water partition coefficient (Wildman–Crippen LogP) is 2.61. The molecule has 0 aliphatic carbocycles. The van der Waals surface area contributed by atoms with Gasteiger partial charge in [0, 0.05) is 5.56 Å². The monoisotopic (exact) mass is 232 g/mol. The topological polar surface area (TPSA) is 29.5 Å². The minimum atomic E-state index is -4.66. The average molecular weight is 232 g/mol. The summed E-state index contributed by atoms with van der Waals surface area (Å²) in [6, 6.07) is 4.49. The maximum atomic E-state index is 12.4. The van der Waals surface area contributed by atoms with Gasteiger partial charge in [-0.2, -0.15) is 13.2 Å². The Bertz CT molecular complexity index is 387. The highest BCUT2D eigenvalue weighted by atomic mass is 19.4. The molecule has 2 nitrogen and oxygen atoms in total. The second-order valence-electron chi connectivity index (χ2n) is 3.73. The third-order valence-corrected chi connectivity index (χ3v) is 2.57. The van der Waals surface area contributed by atoms with Crippen molar-refractivity contribution in [1.29, 1.82) is 0 Å². The van der Waals surface area contributed by atoms with Gasteiger partial charge in [-0.3, -0.25) is 0 Å². The smallest absolute Gasteiger partial charge is 0.418 e. The molecule has 1 aromatic carbocycles. The van der Waals surface area contributed by atoms with E-state index in [0.29, 0.717) is 13.0 Å². The molecule has 0 bridgehead atoms. The van der Waals surface area contributed by atoms with Crippen molar-refractivity contribution in [3.8, 4) is 5.75 Å². The zero-order valence-electron chi connectivity index (χ0n) is 8.42. The fourth-order valence-electron chi connectivity index (χ4n) is 1.81. The summed E-state index contributed by atoms with van der Waals surface area (Å²) in [4.78, 5) is 0. The minimum absolute atomic E-state index is 0.190. The fraction of sp³-hybridized carbons (Fsp3) is 0.455. The molecule has 1 aromatic rings. The lowest BCUT2D eigenvalue weighted by Gasteiger charge is -2.23. The first kappa shape index (κ1) is 11.3. The van der Waals surface area contributed by atoms with E-state index in [1.54, 1.807) is 6.07 Å². The Kier molecular flexibility index (Phi) is 2.80. The van der Waals surface area contributed by atoms with Crippen LogP contribution in [0.15, 0.2) is 18.2 Å². The molecule has 0 radical (unpaired) electrons. The Morgan fingerprint density at radius 1 is 1.31 bits per heavy atom. The number of para-hydroxylation sites is 1. The van der Waals surface area contributed by atoms with Gasteiger partial charge >= 0.3 is 6.18 Å². The first-order valence-corrected chi connectivity index (χ1v) is 4.99. The second-order valence-corrected chi connectivity index (χ2v) is 3.73. The van der Waals surface area contributed by atoms with Crippen molar-refractivity contribution in [2.45, 2.75) is 25.1 Å². The summed E-state index contributed by atoms with van der Waals surface area (Å²) < 4.78 is 42.4. The van der Waals surface area contributed by atoms with Crippen molar-refractivity contribution in [2.75, 3.05) is 6.61 Å². The van der Waals surface area contributed by atoms with Gasteiger partial charge < -0.3 is 9.84 Å². The van der Waals surface area contributed by atoms with Gasteiger partial charge in [-0.25, -0.2) is 0 Å². The Morgan fingerprint density at radius 3 is 2.75 bits per heavy atom. The molecule has 0 saturated carbocycles. The second kappa shape index (κ2) is 3.97. The molecule has 2 rings (SSSR count). The highest BCUT2D eigenvalue weighted by Gasteiger charge is 2.41. The number of aliphatic hydroxyl groups excluding tert-OH is 1. The number of ether oxygens (including phenoxy) is 1. The summed E-state index contributed by atoms with van der Waals surface area (Å²) in [5.74, 6) is 0.193. The van der Waals surface area contributed by atoms with E-state index in [4.69, 9.17) is 4.74 Å². The highest BCUT2D eigenvalue weighted by molar-refractivity contribution is 5.44. The Labute approximate surface area is 90.7 Å². The van der Waals surface area contributed by atoms with Crippen LogP contribution in [0.25, 0.3) is 0 Å². The van der Waals surface area contributed by atoms with Gasteiger partial charge in [0.15, 0.2) is 6.10 Å². The lowest BCUT2D eigenvalue weighted by molar-refractivity contribution is -0.207. The van der Waals surface area contributed by atoms with E-state index in [2.05, 4.69) is 0 Å². The van der Waals surface area contributed by atoms with Crippen molar-refractivity contribution >= 4 is 0 Å². The molecule has 88 valence electrons. The molecule has 1 heterocycles. The number of aliphatic hydroxyl groups is 1. The first-order chi connectivity index (χ1) is 7.50. The summed E-state index contributed by atoms with van der Waals surface area (Å²) in [6.07, 6.45) is -5.65. The molecule has 0 amide bonds. The quantitative estimate of drug-likeness (QED) is 0.806. The molecule has 0 fully saturated rings. The molecule has 0 spiro atoms. The van der Waals surface area contributed by atoms with Crippen molar-refractivity contribution in [3.63, 3.8) is 0 Å². The van der Waals surface area contributed by atoms with Crippen molar-refractivity contribution < 1.29 is 23.0 Å². The van der Waals surface area contributed by atoms with Crippen molar-refractivity contribution in [2.24, 2.45) is 0 Å². The van der Waals surface area contributed by atoms with E-state index in [1.807, 2.05) is 0 Å². The molecule has 0 saturated heterocycles. The van der Waals surface area contributed by atoms with E-state index in [0.717, 1.165) is 12.0 Å². The van der Waals surface area contributed by atoms with E-state index in [9.17, 15) is 18.3 Å². The van der Waals surface area contributed by atoms with Gasteiger partial charge in [0.2, 0.25) is 0 Å². The van der Waals surface area contributed by atoms with Gasteiger partial charge in [-0.15, -0.1) is 0 Å². The van der Waals surface area contributed by atoms with E-state index in [-0.39, 0.29) is 11.3 Å². The van der Waals surface area contributed by atoms with Gasteiger partial charge in [-0.1, -0.05) is 18.2 Å². The largest absolute Gasteiger partial charge is 0.493 e. The molecule has 0 aromatic heterocycles. The van der Waals surface area contributed by atoms with Crippen LogP contribution in [0, 0.1) is 0 Å². The molecule has 1 atom stereocenters. The Morgan fingerprint density at radius 2 is 2.06 bits per heavy atom. The number of benzene rings is 1. The maximum Gasteiger partial charge on any atom is 0.418 e. The highest BCUT2D eigenvalue weighted by Crippen LogP contribution is 2.39. The van der Waals surface area contributed by atoms with Crippen LogP contribution in [0.2, 0.25) is 0 Å². The lowest BCUT2D eigenvalue weighted by Crippen LogP contribution is -2.22. The van der Waals surface area contributed by atoms with Crippen molar-refractivity contribution in [1.82, 2.24) is 0 Å². The Hall–Kier alpha value is -1.23. The molecule has 1 aliphatic heterocycles. The van der Waals surface area contributed by atoms with Crippen LogP contribution in [0.1, 0.15) is 23.7 Å². The van der Waals surface area contributed by atoms with Crippen LogP contribution in [0.4, 0.5) is 13.2 Å². The van der Waals surface area contributed by atoms with Crippen LogP contribution in [-0.2, 0) is 6.42 Å². The standard InChI is InChI=1S/C11H11F3O2/c12-11(13,14)10(15)8-5-1-3-7-4-2-6-16-9(7)8/h1,3,5,10,15H,2,4,6H2. The number of fused-ring (bicyclic) bond motifs is 1. The fourth-order valence-corrected chi connectivity index (χ4v) is 1.81. The van der Waals surface area contributed by atoms with E-state index in [1.165, 1.54) is 12.1 Å². The number of halogens is 3. The number of alkyl halides is 3. The number of aryl methyl sites for hydroxylation is 1. The SMILES string of the molecule is OC(c1cccc2c1OCCC2)C(F)(F)F. The van der Waals surface area contributed by atoms with Crippen LogP contribution in [0.3, 0.4) is 0 Å². The van der Waals surface area contributed by atoms with Gasteiger partial charge in [0.05, 0.1) is 6.61 Å². The predicted molar refractivity (Wildman–Crippen MR) is 51.3 cm³/mol. The van der Waals surface area contributed by atoms with Crippen LogP contribution < -0.4 is 4.74 Å².